The lowest BCUT2D eigenvalue weighted by atomic mass is 9.84. The summed E-state index contributed by atoms with van der Waals surface area (Å²) in [6.07, 6.45) is 7.97. The maximum absolute atomic E-state index is 13.0. The molecule has 25 heavy (non-hydrogen) atoms. The van der Waals surface area contributed by atoms with Crippen LogP contribution in [-0.4, -0.2) is 35.8 Å². The predicted octanol–water partition coefficient (Wildman–Crippen LogP) is 3.25. The van der Waals surface area contributed by atoms with Crippen LogP contribution in [0.4, 0.5) is 0 Å². The number of hydrogen-bond donors (Lipinski definition) is 1. The van der Waals surface area contributed by atoms with E-state index in [-0.39, 0.29) is 23.8 Å². The van der Waals surface area contributed by atoms with Gasteiger partial charge in [0, 0.05) is 19.1 Å². The first-order valence-corrected chi connectivity index (χ1v) is 9.46. The molecule has 1 heterocycles. The Bertz CT molecular complexity index is 608. The molecule has 0 spiro atoms. The Morgan fingerprint density at radius 1 is 1.16 bits per heavy atom. The van der Waals surface area contributed by atoms with Gasteiger partial charge in [0.15, 0.2) is 0 Å². The van der Waals surface area contributed by atoms with Crippen molar-refractivity contribution >= 4 is 11.8 Å². The maximum atomic E-state index is 13.0. The van der Waals surface area contributed by atoms with Crippen molar-refractivity contribution in [3.8, 4) is 0 Å². The number of nitrogens with zero attached hydrogens (tertiary/aromatic N) is 1. The van der Waals surface area contributed by atoms with Crippen LogP contribution in [0, 0.1) is 5.92 Å². The highest BCUT2D eigenvalue weighted by atomic mass is 16.2. The molecule has 1 saturated carbocycles. The summed E-state index contributed by atoms with van der Waals surface area (Å²) in [4.78, 5) is 26.8. The van der Waals surface area contributed by atoms with Gasteiger partial charge in [-0.1, -0.05) is 49.8 Å². The monoisotopic (exact) mass is 340 g/mol. The van der Waals surface area contributed by atoms with Gasteiger partial charge in [-0.3, -0.25) is 9.59 Å². The number of carbonyl (C=O) groups excluding carboxylic acids is 2. The topological polar surface area (TPSA) is 49.4 Å². The zero-order valence-electron chi connectivity index (χ0n) is 14.8. The van der Waals surface area contributed by atoms with E-state index in [1.54, 1.807) is 0 Å². The Morgan fingerprint density at radius 3 is 2.56 bits per heavy atom. The van der Waals surface area contributed by atoms with Gasteiger partial charge in [-0.05, 0) is 43.2 Å². The third-order valence-corrected chi connectivity index (χ3v) is 5.66. The van der Waals surface area contributed by atoms with Crippen molar-refractivity contribution < 1.29 is 9.59 Å². The molecule has 4 nitrogen and oxygen atoms in total. The van der Waals surface area contributed by atoms with Gasteiger partial charge in [0.2, 0.25) is 11.8 Å². The lowest BCUT2D eigenvalue weighted by molar-refractivity contribution is -0.128. The van der Waals surface area contributed by atoms with Crippen LogP contribution in [0.3, 0.4) is 0 Å². The van der Waals surface area contributed by atoms with Crippen LogP contribution in [0.1, 0.15) is 50.0 Å². The molecule has 1 N–H and O–H groups in total. The van der Waals surface area contributed by atoms with E-state index in [2.05, 4.69) is 24.0 Å². The van der Waals surface area contributed by atoms with Gasteiger partial charge in [-0.25, -0.2) is 0 Å². The summed E-state index contributed by atoms with van der Waals surface area (Å²) in [5.74, 6) is 0.425. The van der Waals surface area contributed by atoms with E-state index in [1.807, 2.05) is 23.1 Å². The SMILES string of the molecule is C=CC(=O)N1CCC[C@@H]1CNC(=O)C(c1ccccc1)C1CCCC1. The van der Waals surface area contributed by atoms with Crippen LogP contribution < -0.4 is 5.32 Å². The van der Waals surface area contributed by atoms with Crippen LogP contribution in [-0.2, 0) is 9.59 Å². The number of nitrogens with one attached hydrogen (secondary N) is 1. The molecule has 0 bridgehead atoms. The van der Waals surface area contributed by atoms with Crippen molar-refractivity contribution in [2.24, 2.45) is 5.92 Å². The van der Waals surface area contributed by atoms with Gasteiger partial charge in [0.1, 0.15) is 0 Å². The molecule has 1 saturated heterocycles. The van der Waals surface area contributed by atoms with Crippen molar-refractivity contribution in [1.82, 2.24) is 10.2 Å². The lowest BCUT2D eigenvalue weighted by Gasteiger charge is -2.27. The van der Waals surface area contributed by atoms with Crippen molar-refractivity contribution in [1.29, 1.82) is 0 Å². The van der Waals surface area contributed by atoms with Crippen molar-refractivity contribution in [3.63, 3.8) is 0 Å². The molecule has 0 aromatic heterocycles. The van der Waals surface area contributed by atoms with Crippen molar-refractivity contribution in [2.75, 3.05) is 13.1 Å². The molecule has 2 atom stereocenters. The summed E-state index contributed by atoms with van der Waals surface area (Å²) in [5, 5.41) is 3.14. The Hall–Kier alpha value is -2.10. The van der Waals surface area contributed by atoms with Gasteiger partial charge in [-0.15, -0.1) is 0 Å². The summed E-state index contributed by atoms with van der Waals surface area (Å²) in [6, 6.07) is 10.2. The Kier molecular flexibility index (Phi) is 5.90. The van der Waals surface area contributed by atoms with Crippen LogP contribution in [0.2, 0.25) is 0 Å². The second kappa shape index (κ2) is 8.32. The first-order chi connectivity index (χ1) is 12.2. The van der Waals surface area contributed by atoms with Crippen molar-refractivity contribution in [2.45, 2.75) is 50.5 Å². The second-order valence-electron chi connectivity index (χ2n) is 7.21. The van der Waals surface area contributed by atoms with E-state index in [0.29, 0.717) is 12.5 Å². The quantitative estimate of drug-likeness (QED) is 0.808. The fourth-order valence-electron chi connectivity index (χ4n) is 4.37. The minimum absolute atomic E-state index is 0.0350. The zero-order chi connectivity index (χ0) is 17.6. The summed E-state index contributed by atoms with van der Waals surface area (Å²) >= 11 is 0. The third-order valence-electron chi connectivity index (χ3n) is 5.66. The standard InChI is InChI=1S/C21H28N2O2/c1-2-19(24)23-14-8-13-18(23)15-22-21(25)20(17-11-6-7-12-17)16-9-4-3-5-10-16/h2-5,9-10,17-18,20H,1,6-8,11-15H2,(H,22,25)/t18-,20?/m1/s1. The Morgan fingerprint density at radius 2 is 1.88 bits per heavy atom. The fraction of sp³-hybridized carbons (Fsp3) is 0.524. The van der Waals surface area contributed by atoms with Crippen molar-refractivity contribution in [3.05, 3.63) is 48.6 Å². The van der Waals surface area contributed by atoms with E-state index >= 15 is 0 Å². The van der Waals surface area contributed by atoms with Crippen LogP contribution in [0.15, 0.2) is 43.0 Å². The normalized spacial score (nSPS) is 21.9. The van der Waals surface area contributed by atoms with Crippen LogP contribution in [0.5, 0.6) is 0 Å². The second-order valence-corrected chi connectivity index (χ2v) is 7.21. The molecule has 1 unspecified atom stereocenters. The molecule has 1 aliphatic carbocycles. The molecule has 2 aliphatic rings. The molecule has 4 heteroatoms. The molecule has 1 aliphatic heterocycles. The molecule has 0 radical (unpaired) electrons. The number of benzene rings is 1. The van der Waals surface area contributed by atoms with Gasteiger partial charge in [0.25, 0.3) is 0 Å². The predicted molar refractivity (Wildman–Crippen MR) is 99.1 cm³/mol. The summed E-state index contributed by atoms with van der Waals surface area (Å²) in [6.45, 7) is 4.87. The molecule has 134 valence electrons. The van der Waals surface area contributed by atoms with Gasteiger partial charge >= 0.3 is 0 Å². The molecular weight excluding hydrogens is 312 g/mol. The number of hydrogen-bond acceptors (Lipinski definition) is 2. The first-order valence-electron chi connectivity index (χ1n) is 9.46. The molecule has 1 aromatic carbocycles. The number of likely N-dealkylation sites (tertiary alicyclic amines) is 1. The Balaban J connectivity index is 1.66. The van der Waals surface area contributed by atoms with Crippen LogP contribution in [0.25, 0.3) is 0 Å². The first kappa shape index (κ1) is 17.7. The molecule has 2 amide bonds. The summed E-state index contributed by atoms with van der Waals surface area (Å²) in [5.41, 5.74) is 1.11. The highest BCUT2D eigenvalue weighted by Crippen LogP contribution is 2.37. The molecule has 3 rings (SSSR count). The van der Waals surface area contributed by atoms with Gasteiger partial charge in [0.05, 0.1) is 5.92 Å². The maximum Gasteiger partial charge on any atom is 0.246 e. The number of carbonyl (C=O) groups is 2. The van der Waals surface area contributed by atoms with E-state index in [0.717, 1.165) is 37.8 Å². The average molecular weight is 340 g/mol. The largest absolute Gasteiger partial charge is 0.353 e. The van der Waals surface area contributed by atoms with Gasteiger partial charge < -0.3 is 10.2 Å². The molecular formula is C21H28N2O2. The van der Waals surface area contributed by atoms with E-state index < -0.39 is 0 Å². The molecule has 1 aromatic rings. The zero-order valence-corrected chi connectivity index (χ0v) is 14.8. The lowest BCUT2D eigenvalue weighted by Crippen LogP contribution is -2.44. The third kappa shape index (κ3) is 4.12. The van der Waals surface area contributed by atoms with E-state index in [9.17, 15) is 9.59 Å². The van der Waals surface area contributed by atoms with Crippen LogP contribution >= 0.6 is 0 Å². The highest BCUT2D eigenvalue weighted by molar-refractivity contribution is 5.87. The Labute approximate surface area is 150 Å². The van der Waals surface area contributed by atoms with E-state index in [1.165, 1.54) is 18.9 Å². The molecule has 2 fully saturated rings. The van der Waals surface area contributed by atoms with Gasteiger partial charge in [-0.2, -0.15) is 0 Å². The van der Waals surface area contributed by atoms with E-state index in [4.69, 9.17) is 0 Å². The number of rotatable bonds is 6. The summed E-state index contributed by atoms with van der Waals surface area (Å²) < 4.78 is 0. The summed E-state index contributed by atoms with van der Waals surface area (Å²) in [7, 11) is 0. The fourth-order valence-corrected chi connectivity index (χ4v) is 4.37. The highest BCUT2D eigenvalue weighted by Gasteiger charge is 2.33. The number of amides is 2. The minimum Gasteiger partial charge on any atom is -0.353 e. The average Bonchev–Trinajstić information content (AvgIpc) is 3.32. The minimum atomic E-state index is -0.0753. The smallest absolute Gasteiger partial charge is 0.246 e.